The molecule has 0 saturated carbocycles. The van der Waals surface area contributed by atoms with E-state index in [1.54, 1.807) is 17.5 Å². The van der Waals surface area contributed by atoms with Crippen LogP contribution in [0.4, 0.5) is 0 Å². The van der Waals surface area contributed by atoms with Crippen molar-refractivity contribution < 1.29 is 5.11 Å². The Bertz CT molecular complexity index is 577. The lowest BCUT2D eigenvalue weighted by Gasteiger charge is -2.31. The van der Waals surface area contributed by atoms with Crippen LogP contribution in [0, 0.1) is 5.41 Å². The highest BCUT2D eigenvalue weighted by atomic mass is 32.1. The molecular weight excluding hydrogens is 256 g/mol. The molecule has 0 spiro atoms. The summed E-state index contributed by atoms with van der Waals surface area (Å²) in [5, 5.41) is 11.3. The number of nitrogens with zero attached hydrogens (tertiary/aromatic N) is 2. The summed E-state index contributed by atoms with van der Waals surface area (Å²) in [6.45, 7) is 4.38. The number of rotatable bonds is 2. The van der Waals surface area contributed by atoms with Crippen LogP contribution in [0.3, 0.4) is 0 Å². The van der Waals surface area contributed by atoms with Crippen molar-refractivity contribution in [3.63, 3.8) is 0 Å². The molecule has 0 aliphatic heterocycles. The summed E-state index contributed by atoms with van der Waals surface area (Å²) >= 11 is 1.64. The fourth-order valence-electron chi connectivity index (χ4n) is 2.68. The van der Waals surface area contributed by atoms with Crippen molar-refractivity contribution >= 4 is 11.3 Å². The molecule has 0 aromatic carbocycles. The number of hydrogen-bond acceptors (Lipinski definition) is 4. The van der Waals surface area contributed by atoms with E-state index in [-0.39, 0.29) is 11.5 Å². The Kier molecular flexibility index (Phi) is 3.15. The molecule has 100 valence electrons. The van der Waals surface area contributed by atoms with Gasteiger partial charge in [0.1, 0.15) is 0 Å². The lowest BCUT2D eigenvalue weighted by molar-refractivity contribution is 0.102. The third-order valence-electron chi connectivity index (χ3n) is 3.52. The predicted octanol–water partition coefficient (Wildman–Crippen LogP) is 3.13. The molecule has 0 amide bonds. The molecule has 1 aliphatic rings. The highest BCUT2D eigenvalue weighted by molar-refractivity contribution is 7.11. The van der Waals surface area contributed by atoms with E-state index < -0.39 is 0 Å². The van der Waals surface area contributed by atoms with Gasteiger partial charge in [0.2, 0.25) is 0 Å². The first-order chi connectivity index (χ1) is 9.03. The fourth-order valence-corrected chi connectivity index (χ4v) is 3.76. The molecule has 0 fully saturated rings. The Morgan fingerprint density at radius 1 is 1.42 bits per heavy atom. The molecule has 2 aromatic heterocycles. The van der Waals surface area contributed by atoms with Crippen LogP contribution < -0.4 is 0 Å². The standard InChI is InChI=1S/C15H18N2OS/c1-15(2)8-11-14(12(18)9-15)19-13(17-11)7-10-5-3-4-6-16-10/h3-6,12,18H,7-9H2,1-2H3. The quantitative estimate of drug-likeness (QED) is 0.915. The van der Waals surface area contributed by atoms with Crippen LogP contribution in [0.25, 0.3) is 0 Å². The van der Waals surface area contributed by atoms with E-state index in [1.807, 2.05) is 18.2 Å². The molecule has 3 nitrogen and oxygen atoms in total. The first-order valence-electron chi connectivity index (χ1n) is 6.60. The second-order valence-corrected chi connectivity index (χ2v) is 7.09. The first kappa shape index (κ1) is 12.8. The molecule has 19 heavy (non-hydrogen) atoms. The topological polar surface area (TPSA) is 46.0 Å². The molecule has 1 aliphatic carbocycles. The average molecular weight is 274 g/mol. The Hall–Kier alpha value is -1.26. The van der Waals surface area contributed by atoms with Crippen LogP contribution in [-0.2, 0) is 12.8 Å². The number of aliphatic hydroxyl groups is 1. The Morgan fingerprint density at radius 3 is 3.00 bits per heavy atom. The first-order valence-corrected chi connectivity index (χ1v) is 7.42. The summed E-state index contributed by atoms with van der Waals surface area (Å²) in [5.74, 6) is 0. The molecule has 4 heteroatoms. The van der Waals surface area contributed by atoms with Crippen LogP contribution in [0.1, 0.15) is 47.6 Å². The second kappa shape index (κ2) is 4.69. The van der Waals surface area contributed by atoms with E-state index in [0.717, 1.165) is 40.5 Å². The molecule has 2 aromatic rings. The van der Waals surface area contributed by atoms with E-state index in [1.165, 1.54) is 0 Å². The maximum atomic E-state index is 10.2. The van der Waals surface area contributed by atoms with Crippen molar-refractivity contribution in [3.8, 4) is 0 Å². The molecule has 2 heterocycles. The minimum Gasteiger partial charge on any atom is -0.387 e. The summed E-state index contributed by atoms with van der Waals surface area (Å²) < 4.78 is 0. The maximum Gasteiger partial charge on any atom is 0.0991 e. The van der Waals surface area contributed by atoms with Crippen LogP contribution in [0.5, 0.6) is 0 Å². The van der Waals surface area contributed by atoms with E-state index in [4.69, 9.17) is 4.98 Å². The minimum atomic E-state index is -0.353. The summed E-state index contributed by atoms with van der Waals surface area (Å²) in [6.07, 6.45) is 3.99. The largest absolute Gasteiger partial charge is 0.387 e. The van der Waals surface area contributed by atoms with E-state index in [0.29, 0.717) is 0 Å². The maximum absolute atomic E-state index is 10.2. The molecule has 1 atom stereocenters. The average Bonchev–Trinajstić information content (AvgIpc) is 2.71. The van der Waals surface area contributed by atoms with Gasteiger partial charge in [-0.05, 0) is 30.4 Å². The lowest BCUT2D eigenvalue weighted by Crippen LogP contribution is -2.24. The van der Waals surface area contributed by atoms with Crippen molar-refractivity contribution in [2.24, 2.45) is 5.41 Å². The normalized spacial score (nSPS) is 21.1. The van der Waals surface area contributed by atoms with Gasteiger partial charge in [-0.1, -0.05) is 19.9 Å². The minimum absolute atomic E-state index is 0.142. The van der Waals surface area contributed by atoms with Gasteiger partial charge in [-0.2, -0.15) is 0 Å². The number of pyridine rings is 1. The molecule has 1 unspecified atom stereocenters. The second-order valence-electron chi connectivity index (χ2n) is 5.98. The summed E-state index contributed by atoms with van der Waals surface area (Å²) in [5.41, 5.74) is 2.25. The van der Waals surface area contributed by atoms with Crippen molar-refractivity contribution in [1.82, 2.24) is 9.97 Å². The molecule has 0 saturated heterocycles. The third kappa shape index (κ3) is 2.69. The number of thiazole rings is 1. The van der Waals surface area contributed by atoms with Gasteiger partial charge in [0, 0.05) is 18.3 Å². The van der Waals surface area contributed by atoms with Gasteiger partial charge in [-0.15, -0.1) is 11.3 Å². The SMILES string of the molecule is CC1(C)Cc2nc(Cc3ccccn3)sc2C(O)C1. The van der Waals surface area contributed by atoms with Crippen LogP contribution in [0.2, 0.25) is 0 Å². The van der Waals surface area contributed by atoms with Gasteiger partial charge in [0.25, 0.3) is 0 Å². The molecular formula is C15H18N2OS. The Morgan fingerprint density at radius 2 is 2.26 bits per heavy atom. The number of aromatic nitrogens is 2. The zero-order chi connectivity index (χ0) is 13.5. The number of hydrogen-bond donors (Lipinski definition) is 1. The van der Waals surface area contributed by atoms with Gasteiger partial charge in [-0.25, -0.2) is 4.98 Å². The summed E-state index contributed by atoms with van der Waals surface area (Å²) in [6, 6.07) is 5.93. The van der Waals surface area contributed by atoms with Gasteiger partial charge >= 0.3 is 0 Å². The van der Waals surface area contributed by atoms with Gasteiger partial charge in [0.05, 0.1) is 21.7 Å². The molecule has 0 bridgehead atoms. The van der Waals surface area contributed by atoms with Crippen LogP contribution in [-0.4, -0.2) is 15.1 Å². The zero-order valence-electron chi connectivity index (χ0n) is 11.3. The van der Waals surface area contributed by atoms with Crippen molar-refractivity contribution in [1.29, 1.82) is 0 Å². The third-order valence-corrected chi connectivity index (χ3v) is 4.72. The zero-order valence-corrected chi connectivity index (χ0v) is 12.1. The lowest BCUT2D eigenvalue weighted by atomic mass is 9.77. The van der Waals surface area contributed by atoms with Gasteiger partial charge in [0.15, 0.2) is 0 Å². The highest BCUT2D eigenvalue weighted by Crippen LogP contribution is 2.43. The number of fused-ring (bicyclic) bond motifs is 1. The van der Waals surface area contributed by atoms with E-state index in [2.05, 4.69) is 18.8 Å². The molecule has 0 radical (unpaired) electrons. The van der Waals surface area contributed by atoms with Crippen molar-refractivity contribution in [2.45, 2.75) is 39.2 Å². The fraction of sp³-hybridized carbons (Fsp3) is 0.467. The summed E-state index contributed by atoms with van der Waals surface area (Å²) in [4.78, 5) is 10.1. The highest BCUT2D eigenvalue weighted by Gasteiger charge is 2.33. The van der Waals surface area contributed by atoms with Crippen molar-refractivity contribution in [3.05, 3.63) is 45.7 Å². The summed E-state index contributed by atoms with van der Waals surface area (Å²) in [7, 11) is 0. The van der Waals surface area contributed by atoms with Crippen LogP contribution in [0.15, 0.2) is 24.4 Å². The Balaban J connectivity index is 1.87. The van der Waals surface area contributed by atoms with Crippen molar-refractivity contribution in [2.75, 3.05) is 0 Å². The van der Waals surface area contributed by atoms with E-state index in [9.17, 15) is 5.11 Å². The van der Waals surface area contributed by atoms with Crippen LogP contribution >= 0.6 is 11.3 Å². The van der Waals surface area contributed by atoms with Gasteiger partial charge < -0.3 is 5.11 Å². The molecule has 1 N–H and O–H groups in total. The molecule has 3 rings (SSSR count). The van der Waals surface area contributed by atoms with E-state index >= 15 is 0 Å². The number of aliphatic hydroxyl groups excluding tert-OH is 1. The van der Waals surface area contributed by atoms with Gasteiger partial charge in [-0.3, -0.25) is 4.98 Å². The Labute approximate surface area is 117 Å². The smallest absolute Gasteiger partial charge is 0.0991 e. The monoisotopic (exact) mass is 274 g/mol. The predicted molar refractivity (Wildman–Crippen MR) is 76.2 cm³/mol.